The van der Waals surface area contributed by atoms with Crippen LogP contribution in [0.4, 0.5) is 9.80 Å². The summed E-state index contributed by atoms with van der Waals surface area (Å²) in [7, 11) is 0. The minimum atomic E-state index is -0.590. The number of nitrogens with one attached hydrogen (secondary N) is 1. The highest BCUT2D eigenvalue weighted by Crippen LogP contribution is 2.38. The molecule has 0 saturated heterocycles. The summed E-state index contributed by atoms with van der Waals surface area (Å²) >= 11 is 1.32. The third-order valence-corrected chi connectivity index (χ3v) is 5.10. The first-order valence-corrected chi connectivity index (χ1v) is 9.55. The molecule has 2 rings (SSSR count). The predicted octanol–water partition coefficient (Wildman–Crippen LogP) is 3.42. The summed E-state index contributed by atoms with van der Waals surface area (Å²) < 4.78 is 10.2. The molecule has 2 amide bonds. The van der Waals surface area contributed by atoms with Crippen LogP contribution in [-0.2, 0) is 27.2 Å². The number of carbonyl (C=O) groups excluding carboxylic acids is 3. The van der Waals surface area contributed by atoms with Crippen molar-refractivity contribution < 1.29 is 23.9 Å². The van der Waals surface area contributed by atoms with Crippen LogP contribution in [0, 0.1) is 5.41 Å². The lowest BCUT2D eigenvalue weighted by atomic mass is 9.95. The van der Waals surface area contributed by atoms with Crippen molar-refractivity contribution in [2.75, 3.05) is 25.1 Å². The molecule has 8 heteroatoms. The number of amides is 2. The molecule has 144 valence electrons. The molecular formula is C18H26N2O5S. The average Bonchev–Trinajstić information content (AvgIpc) is 2.91. The van der Waals surface area contributed by atoms with Gasteiger partial charge in [-0.2, -0.15) is 0 Å². The summed E-state index contributed by atoms with van der Waals surface area (Å²) in [4.78, 5) is 39.3. The number of hydrogen-bond acceptors (Lipinski definition) is 6. The van der Waals surface area contributed by atoms with Gasteiger partial charge in [0.1, 0.15) is 5.00 Å². The van der Waals surface area contributed by atoms with Crippen molar-refractivity contribution in [3.05, 3.63) is 16.0 Å². The Hall–Kier alpha value is -2.09. The Bertz CT molecular complexity index is 705. The average molecular weight is 382 g/mol. The smallest absolute Gasteiger partial charge is 0.410 e. The summed E-state index contributed by atoms with van der Waals surface area (Å²) in [5.41, 5.74) is 0.666. The van der Waals surface area contributed by atoms with Crippen molar-refractivity contribution in [2.45, 2.75) is 47.6 Å². The molecule has 1 N–H and O–H groups in total. The van der Waals surface area contributed by atoms with Crippen LogP contribution < -0.4 is 5.32 Å². The van der Waals surface area contributed by atoms with Crippen molar-refractivity contribution in [2.24, 2.45) is 5.41 Å². The Morgan fingerprint density at radius 1 is 1.15 bits per heavy atom. The molecule has 2 heterocycles. The van der Waals surface area contributed by atoms with Crippen LogP contribution in [0.15, 0.2) is 0 Å². The summed E-state index contributed by atoms with van der Waals surface area (Å²) in [5, 5.41) is 3.35. The van der Waals surface area contributed by atoms with E-state index >= 15 is 0 Å². The summed E-state index contributed by atoms with van der Waals surface area (Å²) in [5.74, 6) is -0.623. The molecule has 0 radical (unpaired) electrons. The lowest BCUT2D eigenvalue weighted by Crippen LogP contribution is -2.36. The van der Waals surface area contributed by atoms with E-state index in [0.29, 0.717) is 36.7 Å². The molecule has 0 saturated carbocycles. The third-order valence-electron chi connectivity index (χ3n) is 3.97. The van der Waals surface area contributed by atoms with E-state index in [0.717, 1.165) is 10.4 Å². The van der Waals surface area contributed by atoms with Gasteiger partial charge in [0.25, 0.3) is 0 Å². The Morgan fingerprint density at radius 2 is 1.81 bits per heavy atom. The molecule has 0 atom stereocenters. The Labute approximate surface area is 157 Å². The number of rotatable bonds is 4. The van der Waals surface area contributed by atoms with E-state index in [1.807, 2.05) is 20.8 Å². The highest BCUT2D eigenvalue weighted by atomic mass is 32.1. The third kappa shape index (κ3) is 4.35. The number of esters is 1. The Balaban J connectivity index is 2.35. The van der Waals surface area contributed by atoms with Crippen molar-refractivity contribution in [3.63, 3.8) is 0 Å². The van der Waals surface area contributed by atoms with E-state index in [1.165, 1.54) is 11.3 Å². The first-order valence-electron chi connectivity index (χ1n) is 8.73. The normalized spacial score (nSPS) is 13.8. The summed E-state index contributed by atoms with van der Waals surface area (Å²) in [6, 6.07) is 0. The molecule has 1 aromatic rings. The van der Waals surface area contributed by atoms with Gasteiger partial charge in [0.05, 0.1) is 25.3 Å². The van der Waals surface area contributed by atoms with Crippen molar-refractivity contribution in [3.8, 4) is 0 Å². The van der Waals surface area contributed by atoms with Crippen LogP contribution in [0.5, 0.6) is 0 Å². The van der Waals surface area contributed by atoms with Gasteiger partial charge in [-0.15, -0.1) is 11.3 Å². The largest absolute Gasteiger partial charge is 0.462 e. The molecule has 1 aliphatic heterocycles. The van der Waals surface area contributed by atoms with E-state index < -0.39 is 11.4 Å². The topological polar surface area (TPSA) is 84.9 Å². The molecular weight excluding hydrogens is 356 g/mol. The number of thiophene rings is 1. The molecule has 0 spiro atoms. The molecule has 0 aromatic carbocycles. The fraction of sp³-hybridized carbons (Fsp3) is 0.611. The minimum Gasteiger partial charge on any atom is -0.462 e. The zero-order valence-electron chi connectivity index (χ0n) is 15.9. The monoisotopic (exact) mass is 382 g/mol. The van der Waals surface area contributed by atoms with Gasteiger partial charge in [0, 0.05) is 16.8 Å². The fourth-order valence-corrected chi connectivity index (χ4v) is 3.82. The number of fused-ring (bicyclic) bond motifs is 1. The highest BCUT2D eigenvalue weighted by Gasteiger charge is 2.32. The molecule has 26 heavy (non-hydrogen) atoms. The lowest BCUT2D eigenvalue weighted by Gasteiger charge is -2.26. The first-order chi connectivity index (χ1) is 12.2. The van der Waals surface area contributed by atoms with E-state index in [2.05, 4.69) is 5.32 Å². The number of nitrogens with zero attached hydrogens (tertiary/aromatic N) is 1. The molecule has 0 fully saturated rings. The van der Waals surface area contributed by atoms with Crippen LogP contribution in [-0.4, -0.2) is 42.6 Å². The van der Waals surface area contributed by atoms with Gasteiger partial charge >= 0.3 is 12.1 Å². The van der Waals surface area contributed by atoms with Crippen LogP contribution >= 0.6 is 11.3 Å². The molecule has 1 aliphatic rings. The number of ether oxygens (including phenoxy) is 2. The maximum absolute atomic E-state index is 12.5. The molecule has 0 aliphatic carbocycles. The first kappa shape index (κ1) is 20.2. The zero-order valence-corrected chi connectivity index (χ0v) is 16.7. The second-order valence-corrected chi connectivity index (χ2v) is 8.11. The number of hydrogen-bond donors (Lipinski definition) is 1. The lowest BCUT2D eigenvalue weighted by molar-refractivity contribution is -0.123. The van der Waals surface area contributed by atoms with Crippen LogP contribution in [0.1, 0.15) is 55.4 Å². The summed E-state index contributed by atoms with van der Waals surface area (Å²) in [6.07, 6.45) is 0.147. The van der Waals surface area contributed by atoms with E-state index in [4.69, 9.17) is 9.47 Å². The minimum absolute atomic E-state index is 0.177. The zero-order chi connectivity index (χ0) is 19.5. The van der Waals surface area contributed by atoms with Crippen molar-refractivity contribution >= 4 is 34.3 Å². The quantitative estimate of drug-likeness (QED) is 0.807. The van der Waals surface area contributed by atoms with Gasteiger partial charge in [0.15, 0.2) is 0 Å². The van der Waals surface area contributed by atoms with Gasteiger partial charge in [-0.1, -0.05) is 20.8 Å². The fourth-order valence-electron chi connectivity index (χ4n) is 2.57. The second-order valence-electron chi connectivity index (χ2n) is 7.00. The van der Waals surface area contributed by atoms with Gasteiger partial charge < -0.3 is 19.7 Å². The van der Waals surface area contributed by atoms with Gasteiger partial charge in [-0.05, 0) is 25.8 Å². The molecule has 0 bridgehead atoms. The van der Waals surface area contributed by atoms with Crippen LogP contribution in [0.25, 0.3) is 0 Å². The second kappa shape index (κ2) is 8.07. The van der Waals surface area contributed by atoms with Crippen molar-refractivity contribution in [1.82, 2.24) is 4.90 Å². The molecule has 7 nitrogen and oxygen atoms in total. The van der Waals surface area contributed by atoms with Crippen LogP contribution in [0.3, 0.4) is 0 Å². The summed E-state index contributed by atoms with van der Waals surface area (Å²) in [6.45, 7) is 10.3. The number of carbonyl (C=O) groups is 3. The van der Waals surface area contributed by atoms with Gasteiger partial charge in [-0.25, -0.2) is 9.59 Å². The predicted molar refractivity (Wildman–Crippen MR) is 99.5 cm³/mol. The van der Waals surface area contributed by atoms with E-state index in [-0.39, 0.29) is 18.6 Å². The van der Waals surface area contributed by atoms with Gasteiger partial charge in [-0.3, -0.25) is 4.79 Å². The number of anilines is 1. The SMILES string of the molecule is CCOC(=O)c1c(NC(=O)C(C)(C)C)sc2c1CCN(C(=O)OCC)C2. The van der Waals surface area contributed by atoms with Gasteiger partial charge in [0.2, 0.25) is 5.91 Å². The highest BCUT2D eigenvalue weighted by molar-refractivity contribution is 7.17. The van der Waals surface area contributed by atoms with Crippen LogP contribution in [0.2, 0.25) is 0 Å². The van der Waals surface area contributed by atoms with E-state index in [9.17, 15) is 14.4 Å². The Morgan fingerprint density at radius 3 is 2.38 bits per heavy atom. The maximum Gasteiger partial charge on any atom is 0.410 e. The van der Waals surface area contributed by atoms with E-state index in [1.54, 1.807) is 18.7 Å². The maximum atomic E-state index is 12.5. The molecule has 0 unspecified atom stereocenters. The Kier molecular flexibility index (Phi) is 6.28. The molecule has 1 aromatic heterocycles. The standard InChI is InChI=1S/C18H26N2O5S/c1-6-24-15(21)13-11-8-9-20(17(23)25-7-2)10-12(11)26-14(13)19-16(22)18(3,4)5/h6-10H2,1-5H3,(H,19,22). The van der Waals surface area contributed by atoms with Crippen molar-refractivity contribution in [1.29, 1.82) is 0 Å².